The molecule has 0 saturated heterocycles. The molecule has 0 aromatic carbocycles. The summed E-state index contributed by atoms with van der Waals surface area (Å²) < 4.78 is 7.36. The summed E-state index contributed by atoms with van der Waals surface area (Å²) in [5.74, 6) is 0.0513. The lowest BCUT2D eigenvalue weighted by molar-refractivity contribution is 0.0225. The van der Waals surface area contributed by atoms with Crippen molar-refractivity contribution >= 4 is 11.7 Å². The molecule has 1 aromatic heterocycles. The van der Waals surface area contributed by atoms with E-state index in [1.54, 1.807) is 6.07 Å². The van der Waals surface area contributed by atoms with E-state index in [0.717, 1.165) is 12.8 Å². The standard InChI is InChI=1S/C13H20N2O2/c1-8(2)9(3)17-13(16)12-6-10(14)7-15(12)11-4-5-11/h6-9,11H,4-5,14H2,1-3H3. The van der Waals surface area contributed by atoms with Crippen molar-refractivity contribution in [2.45, 2.75) is 45.8 Å². The molecule has 1 atom stereocenters. The van der Waals surface area contributed by atoms with Crippen LogP contribution in [0.5, 0.6) is 0 Å². The number of anilines is 1. The fourth-order valence-corrected chi connectivity index (χ4v) is 1.68. The largest absolute Gasteiger partial charge is 0.458 e. The number of nitrogen functional groups attached to an aromatic ring is 1. The van der Waals surface area contributed by atoms with Crippen LogP contribution in [0.3, 0.4) is 0 Å². The number of esters is 1. The first-order chi connectivity index (χ1) is 7.99. The Bertz CT molecular complexity index is 419. The molecule has 2 rings (SSSR count). The highest BCUT2D eigenvalue weighted by molar-refractivity contribution is 5.89. The minimum Gasteiger partial charge on any atom is -0.458 e. The lowest BCUT2D eigenvalue weighted by Crippen LogP contribution is -2.21. The van der Waals surface area contributed by atoms with E-state index in [9.17, 15) is 4.79 Å². The summed E-state index contributed by atoms with van der Waals surface area (Å²) in [5, 5.41) is 0. The van der Waals surface area contributed by atoms with Gasteiger partial charge in [-0.1, -0.05) is 13.8 Å². The maximum absolute atomic E-state index is 12.0. The summed E-state index contributed by atoms with van der Waals surface area (Å²) in [5.41, 5.74) is 6.95. The average molecular weight is 236 g/mol. The van der Waals surface area contributed by atoms with Gasteiger partial charge in [-0.3, -0.25) is 0 Å². The molecule has 1 aliphatic carbocycles. The summed E-state index contributed by atoms with van der Waals surface area (Å²) in [7, 11) is 0. The average Bonchev–Trinajstić information content (AvgIpc) is 3.01. The summed E-state index contributed by atoms with van der Waals surface area (Å²) in [6, 6.07) is 2.14. The number of hydrogen-bond acceptors (Lipinski definition) is 3. The molecule has 1 heterocycles. The first-order valence-corrected chi connectivity index (χ1v) is 6.17. The fraction of sp³-hybridized carbons (Fsp3) is 0.615. The van der Waals surface area contributed by atoms with E-state index in [2.05, 4.69) is 0 Å². The van der Waals surface area contributed by atoms with Crippen LogP contribution in [0.4, 0.5) is 5.69 Å². The molecule has 17 heavy (non-hydrogen) atoms. The Balaban J connectivity index is 2.13. The number of nitrogens with two attached hydrogens (primary N) is 1. The first-order valence-electron chi connectivity index (χ1n) is 6.17. The number of hydrogen-bond donors (Lipinski definition) is 1. The molecule has 0 amide bonds. The van der Waals surface area contributed by atoms with Gasteiger partial charge in [0.05, 0.1) is 5.69 Å². The highest BCUT2D eigenvalue weighted by atomic mass is 16.5. The van der Waals surface area contributed by atoms with E-state index in [1.165, 1.54) is 0 Å². The molecular weight excluding hydrogens is 216 g/mol. The van der Waals surface area contributed by atoms with Gasteiger partial charge in [-0.25, -0.2) is 4.79 Å². The molecule has 0 radical (unpaired) electrons. The maximum Gasteiger partial charge on any atom is 0.355 e. The molecule has 1 saturated carbocycles. The number of carbonyl (C=O) groups excluding carboxylic acids is 1. The normalized spacial score (nSPS) is 17.2. The third-order valence-corrected chi connectivity index (χ3v) is 3.25. The van der Waals surface area contributed by atoms with Crippen LogP contribution in [0.15, 0.2) is 12.3 Å². The second kappa shape index (κ2) is 4.43. The Hall–Kier alpha value is -1.45. The summed E-state index contributed by atoms with van der Waals surface area (Å²) in [6.07, 6.45) is 3.99. The summed E-state index contributed by atoms with van der Waals surface area (Å²) in [4.78, 5) is 12.0. The van der Waals surface area contributed by atoms with Crippen molar-refractivity contribution in [1.29, 1.82) is 0 Å². The van der Waals surface area contributed by atoms with Gasteiger partial charge in [0, 0.05) is 12.2 Å². The maximum atomic E-state index is 12.0. The third kappa shape index (κ3) is 2.62. The van der Waals surface area contributed by atoms with E-state index in [4.69, 9.17) is 10.5 Å². The monoisotopic (exact) mass is 236 g/mol. The SMILES string of the molecule is CC(C)C(C)OC(=O)c1cc(N)cn1C1CC1. The van der Waals surface area contributed by atoms with Crippen molar-refractivity contribution in [3.63, 3.8) is 0 Å². The Labute approximate surface area is 102 Å². The molecule has 0 aliphatic heterocycles. The smallest absolute Gasteiger partial charge is 0.355 e. The molecule has 0 bridgehead atoms. The van der Waals surface area contributed by atoms with Crippen molar-refractivity contribution in [2.75, 3.05) is 5.73 Å². The Morgan fingerprint density at radius 2 is 2.12 bits per heavy atom. The zero-order valence-corrected chi connectivity index (χ0v) is 10.6. The zero-order chi connectivity index (χ0) is 12.6. The van der Waals surface area contributed by atoms with Crippen LogP contribution in [-0.4, -0.2) is 16.6 Å². The molecule has 94 valence electrons. The predicted octanol–water partition coefficient (Wildman–Crippen LogP) is 2.61. The molecule has 4 heteroatoms. The quantitative estimate of drug-likeness (QED) is 0.817. The molecule has 0 spiro atoms. The van der Waals surface area contributed by atoms with Crippen LogP contribution in [0.1, 0.15) is 50.1 Å². The molecule has 1 aromatic rings. The summed E-state index contributed by atoms with van der Waals surface area (Å²) >= 11 is 0. The van der Waals surface area contributed by atoms with E-state index in [-0.39, 0.29) is 12.1 Å². The minimum atomic E-state index is -0.269. The molecule has 1 aliphatic rings. The van der Waals surface area contributed by atoms with Crippen LogP contribution in [0, 0.1) is 5.92 Å². The minimum absolute atomic E-state index is 0.0775. The van der Waals surface area contributed by atoms with E-state index in [0.29, 0.717) is 23.3 Å². The molecule has 1 fully saturated rings. The van der Waals surface area contributed by atoms with Gasteiger partial charge in [-0.2, -0.15) is 0 Å². The summed E-state index contributed by atoms with van der Waals surface area (Å²) in [6.45, 7) is 5.98. The molecular formula is C13H20N2O2. The van der Waals surface area contributed by atoms with Gasteiger partial charge in [-0.05, 0) is 31.7 Å². The van der Waals surface area contributed by atoms with E-state index >= 15 is 0 Å². The molecule has 1 unspecified atom stereocenters. The highest BCUT2D eigenvalue weighted by Crippen LogP contribution is 2.37. The lowest BCUT2D eigenvalue weighted by Gasteiger charge is -2.17. The second-order valence-electron chi connectivity index (χ2n) is 5.15. The number of ether oxygens (including phenoxy) is 1. The fourth-order valence-electron chi connectivity index (χ4n) is 1.68. The van der Waals surface area contributed by atoms with Crippen molar-refractivity contribution < 1.29 is 9.53 Å². The van der Waals surface area contributed by atoms with Gasteiger partial charge in [0.1, 0.15) is 11.8 Å². The van der Waals surface area contributed by atoms with E-state index in [1.807, 2.05) is 31.5 Å². The van der Waals surface area contributed by atoms with Crippen LogP contribution in [0.25, 0.3) is 0 Å². The van der Waals surface area contributed by atoms with Crippen LogP contribution >= 0.6 is 0 Å². The third-order valence-electron chi connectivity index (χ3n) is 3.25. The first kappa shape index (κ1) is 12.0. The second-order valence-corrected chi connectivity index (χ2v) is 5.15. The molecule has 2 N–H and O–H groups in total. The highest BCUT2D eigenvalue weighted by Gasteiger charge is 2.29. The Morgan fingerprint density at radius 1 is 1.47 bits per heavy atom. The number of aromatic nitrogens is 1. The van der Waals surface area contributed by atoms with E-state index < -0.39 is 0 Å². The predicted molar refractivity (Wildman–Crippen MR) is 66.8 cm³/mol. The van der Waals surface area contributed by atoms with Gasteiger partial charge in [0.25, 0.3) is 0 Å². The van der Waals surface area contributed by atoms with Gasteiger partial charge < -0.3 is 15.0 Å². The van der Waals surface area contributed by atoms with Crippen molar-refractivity contribution in [3.8, 4) is 0 Å². The van der Waals surface area contributed by atoms with Crippen LogP contribution < -0.4 is 5.73 Å². The van der Waals surface area contributed by atoms with Crippen LogP contribution in [-0.2, 0) is 4.74 Å². The van der Waals surface area contributed by atoms with Gasteiger partial charge in [-0.15, -0.1) is 0 Å². The van der Waals surface area contributed by atoms with Crippen LogP contribution in [0.2, 0.25) is 0 Å². The van der Waals surface area contributed by atoms with Gasteiger partial charge in [0.15, 0.2) is 0 Å². The van der Waals surface area contributed by atoms with Crippen molar-refractivity contribution in [3.05, 3.63) is 18.0 Å². The van der Waals surface area contributed by atoms with Gasteiger partial charge in [0.2, 0.25) is 0 Å². The molecule has 4 nitrogen and oxygen atoms in total. The number of carbonyl (C=O) groups is 1. The van der Waals surface area contributed by atoms with Crippen molar-refractivity contribution in [1.82, 2.24) is 4.57 Å². The topological polar surface area (TPSA) is 57.2 Å². The lowest BCUT2D eigenvalue weighted by atomic mass is 10.1. The number of nitrogens with zero attached hydrogens (tertiary/aromatic N) is 1. The Morgan fingerprint density at radius 3 is 2.65 bits per heavy atom. The van der Waals surface area contributed by atoms with Crippen molar-refractivity contribution in [2.24, 2.45) is 5.92 Å². The van der Waals surface area contributed by atoms with Gasteiger partial charge >= 0.3 is 5.97 Å². The zero-order valence-electron chi connectivity index (χ0n) is 10.6. The Kier molecular flexibility index (Phi) is 3.13. The number of rotatable bonds is 4.